The van der Waals surface area contributed by atoms with Crippen LogP contribution in [0.15, 0.2) is 29.8 Å². The molecule has 2 fully saturated rings. The molecule has 0 aromatic carbocycles. The van der Waals surface area contributed by atoms with Gasteiger partial charge in [-0.15, -0.1) is 11.3 Å². The smallest absolute Gasteiger partial charge is 0.264 e. The number of rotatable bonds is 5. The van der Waals surface area contributed by atoms with Crippen molar-refractivity contribution in [1.29, 1.82) is 0 Å². The molecule has 1 N–H and O–H groups in total. The van der Waals surface area contributed by atoms with E-state index in [1.807, 2.05) is 23.3 Å². The minimum absolute atomic E-state index is 0.0905. The number of piperazine rings is 1. The Hall–Kier alpha value is -2.45. The third-order valence-corrected chi connectivity index (χ3v) is 6.47. The number of amides is 2. The molecule has 2 aromatic rings. The molecule has 29 heavy (non-hydrogen) atoms. The van der Waals surface area contributed by atoms with Crippen molar-refractivity contribution in [2.75, 3.05) is 44.2 Å². The monoisotopic (exact) mass is 414 g/mol. The van der Waals surface area contributed by atoms with Gasteiger partial charge < -0.3 is 19.9 Å². The van der Waals surface area contributed by atoms with Crippen molar-refractivity contribution in [2.45, 2.75) is 25.9 Å². The van der Waals surface area contributed by atoms with Gasteiger partial charge in [-0.05, 0) is 48.9 Å². The highest BCUT2D eigenvalue weighted by Crippen LogP contribution is 2.22. The van der Waals surface area contributed by atoms with E-state index in [0.29, 0.717) is 44.1 Å². The first-order chi connectivity index (χ1) is 14.1. The third kappa shape index (κ3) is 4.43. The van der Waals surface area contributed by atoms with Gasteiger partial charge in [0.15, 0.2) is 0 Å². The highest BCUT2D eigenvalue weighted by atomic mass is 32.1. The number of pyridine rings is 1. The third-order valence-electron chi connectivity index (χ3n) is 5.47. The average molecular weight is 415 g/mol. The van der Waals surface area contributed by atoms with E-state index in [2.05, 4.69) is 15.2 Å². The van der Waals surface area contributed by atoms with Gasteiger partial charge in [-0.2, -0.15) is 0 Å². The first kappa shape index (κ1) is 19.8. The molecule has 4 rings (SSSR count). The molecule has 2 aliphatic rings. The van der Waals surface area contributed by atoms with Gasteiger partial charge in [-0.1, -0.05) is 0 Å². The van der Waals surface area contributed by atoms with Crippen LogP contribution in [0.5, 0.6) is 0 Å². The van der Waals surface area contributed by atoms with Crippen LogP contribution in [-0.2, 0) is 4.74 Å². The van der Waals surface area contributed by atoms with E-state index in [1.54, 1.807) is 18.3 Å². The summed E-state index contributed by atoms with van der Waals surface area (Å²) in [6, 6.07) is 5.56. The largest absolute Gasteiger partial charge is 0.376 e. The van der Waals surface area contributed by atoms with Gasteiger partial charge in [-0.3, -0.25) is 9.59 Å². The van der Waals surface area contributed by atoms with Crippen LogP contribution in [0, 0.1) is 6.92 Å². The Bertz CT molecular complexity index is 870. The molecule has 0 saturated carbocycles. The first-order valence-electron chi connectivity index (χ1n) is 10.1. The normalized spacial score (nSPS) is 19.4. The van der Waals surface area contributed by atoms with Crippen LogP contribution < -0.4 is 10.2 Å². The summed E-state index contributed by atoms with van der Waals surface area (Å²) in [6.07, 6.45) is 3.85. The summed E-state index contributed by atoms with van der Waals surface area (Å²) in [4.78, 5) is 34.7. The summed E-state index contributed by atoms with van der Waals surface area (Å²) < 4.78 is 5.58. The second-order valence-corrected chi connectivity index (χ2v) is 8.35. The number of anilines is 1. The fourth-order valence-corrected chi connectivity index (χ4v) is 4.68. The van der Waals surface area contributed by atoms with E-state index in [9.17, 15) is 9.59 Å². The Balaban J connectivity index is 1.39. The van der Waals surface area contributed by atoms with Crippen LogP contribution in [0.2, 0.25) is 0 Å². The molecule has 154 valence electrons. The van der Waals surface area contributed by atoms with Crippen molar-refractivity contribution in [3.8, 4) is 0 Å². The summed E-state index contributed by atoms with van der Waals surface area (Å²) in [5.41, 5.74) is 1.59. The SMILES string of the molecule is Cc1ccsc1C(=O)N1CCN(c2ncccc2C(=O)NC[C@@H]2CCCO2)CC1. The van der Waals surface area contributed by atoms with Crippen LogP contribution in [0.1, 0.15) is 38.4 Å². The fourth-order valence-electron chi connectivity index (χ4n) is 3.79. The van der Waals surface area contributed by atoms with Crippen molar-refractivity contribution >= 4 is 29.0 Å². The second kappa shape index (κ2) is 8.92. The highest BCUT2D eigenvalue weighted by Gasteiger charge is 2.27. The molecule has 0 aliphatic carbocycles. The number of thiophene rings is 1. The lowest BCUT2D eigenvalue weighted by Gasteiger charge is -2.36. The zero-order valence-electron chi connectivity index (χ0n) is 16.6. The van der Waals surface area contributed by atoms with E-state index >= 15 is 0 Å². The van der Waals surface area contributed by atoms with Crippen molar-refractivity contribution in [2.24, 2.45) is 0 Å². The fraction of sp³-hybridized carbons (Fsp3) is 0.476. The summed E-state index contributed by atoms with van der Waals surface area (Å²) in [5, 5.41) is 4.93. The molecule has 2 aliphatic heterocycles. The number of carbonyl (C=O) groups is 2. The predicted molar refractivity (Wildman–Crippen MR) is 113 cm³/mol. The zero-order chi connectivity index (χ0) is 20.2. The maximum atomic E-state index is 12.7. The Morgan fingerprint density at radius 3 is 2.79 bits per heavy atom. The Morgan fingerprint density at radius 1 is 1.28 bits per heavy atom. The topological polar surface area (TPSA) is 74.8 Å². The van der Waals surface area contributed by atoms with Gasteiger partial charge in [0.05, 0.1) is 16.5 Å². The highest BCUT2D eigenvalue weighted by molar-refractivity contribution is 7.12. The van der Waals surface area contributed by atoms with Crippen molar-refractivity contribution < 1.29 is 14.3 Å². The lowest BCUT2D eigenvalue weighted by molar-refractivity contribution is 0.0749. The van der Waals surface area contributed by atoms with E-state index < -0.39 is 0 Å². The summed E-state index contributed by atoms with van der Waals surface area (Å²) >= 11 is 1.49. The van der Waals surface area contributed by atoms with E-state index in [1.165, 1.54) is 11.3 Å². The molecule has 1 atom stereocenters. The second-order valence-electron chi connectivity index (χ2n) is 7.43. The molecule has 2 saturated heterocycles. The average Bonchev–Trinajstić information content (AvgIpc) is 3.43. The lowest BCUT2D eigenvalue weighted by atomic mass is 10.2. The van der Waals surface area contributed by atoms with Gasteiger partial charge in [0.25, 0.3) is 11.8 Å². The standard InChI is InChI=1S/C21H26N4O3S/c1-15-6-13-29-18(15)21(27)25-10-8-24(9-11-25)19-17(5-2-7-22-19)20(26)23-14-16-4-3-12-28-16/h2,5-7,13,16H,3-4,8-12,14H2,1H3,(H,23,26)/t16-/m0/s1. The predicted octanol–water partition coefficient (Wildman–Crippen LogP) is 2.32. The Labute approximate surface area is 174 Å². The Kier molecular flexibility index (Phi) is 6.10. The number of ether oxygens (including phenoxy) is 1. The van der Waals surface area contributed by atoms with Crippen LogP contribution in [0.4, 0.5) is 5.82 Å². The van der Waals surface area contributed by atoms with Gasteiger partial charge in [0, 0.05) is 45.5 Å². The number of aryl methyl sites for hydroxylation is 1. The number of hydrogen-bond acceptors (Lipinski definition) is 6. The summed E-state index contributed by atoms with van der Waals surface area (Å²) in [6.45, 7) is 5.80. The maximum Gasteiger partial charge on any atom is 0.264 e. The molecule has 8 heteroatoms. The van der Waals surface area contributed by atoms with Gasteiger partial charge >= 0.3 is 0 Å². The van der Waals surface area contributed by atoms with Crippen molar-refractivity contribution in [3.63, 3.8) is 0 Å². The van der Waals surface area contributed by atoms with Gasteiger partial charge in [0.2, 0.25) is 0 Å². The molecular weight excluding hydrogens is 388 g/mol. The minimum Gasteiger partial charge on any atom is -0.376 e. The molecule has 2 aromatic heterocycles. The maximum absolute atomic E-state index is 12.7. The molecule has 2 amide bonds. The molecule has 0 bridgehead atoms. The van der Waals surface area contributed by atoms with Crippen molar-refractivity contribution in [3.05, 3.63) is 45.8 Å². The van der Waals surface area contributed by atoms with Gasteiger partial charge in [-0.25, -0.2) is 4.98 Å². The number of hydrogen-bond donors (Lipinski definition) is 1. The zero-order valence-corrected chi connectivity index (χ0v) is 17.4. The molecule has 0 radical (unpaired) electrons. The molecule has 0 unspecified atom stereocenters. The quantitative estimate of drug-likeness (QED) is 0.813. The molecular formula is C21H26N4O3S. The number of aromatic nitrogens is 1. The number of nitrogens with zero attached hydrogens (tertiary/aromatic N) is 3. The molecule has 4 heterocycles. The van der Waals surface area contributed by atoms with E-state index in [-0.39, 0.29) is 17.9 Å². The van der Waals surface area contributed by atoms with Crippen LogP contribution in [0.3, 0.4) is 0 Å². The van der Waals surface area contributed by atoms with E-state index in [4.69, 9.17) is 4.74 Å². The van der Waals surface area contributed by atoms with Crippen LogP contribution >= 0.6 is 11.3 Å². The van der Waals surface area contributed by atoms with Gasteiger partial charge in [0.1, 0.15) is 5.82 Å². The number of nitrogens with one attached hydrogen (secondary N) is 1. The summed E-state index contributed by atoms with van der Waals surface area (Å²) in [7, 11) is 0. The van der Waals surface area contributed by atoms with Crippen LogP contribution in [-0.4, -0.2) is 67.1 Å². The van der Waals surface area contributed by atoms with Crippen molar-refractivity contribution in [1.82, 2.24) is 15.2 Å². The molecule has 0 spiro atoms. The summed E-state index contributed by atoms with van der Waals surface area (Å²) in [5.74, 6) is 0.640. The first-order valence-corrected chi connectivity index (χ1v) is 10.9. The molecule has 7 nitrogen and oxygen atoms in total. The van der Waals surface area contributed by atoms with Crippen LogP contribution in [0.25, 0.3) is 0 Å². The number of carbonyl (C=O) groups excluding carboxylic acids is 2. The Morgan fingerprint density at radius 2 is 2.10 bits per heavy atom. The minimum atomic E-state index is -0.128. The lowest BCUT2D eigenvalue weighted by Crippen LogP contribution is -2.49. The van der Waals surface area contributed by atoms with E-state index in [0.717, 1.165) is 29.9 Å².